The van der Waals surface area contributed by atoms with Crippen LogP contribution in [0.25, 0.3) is 6.08 Å². The maximum atomic E-state index is 11.4. The fourth-order valence-electron chi connectivity index (χ4n) is 1.59. The Morgan fingerprint density at radius 2 is 2.11 bits per heavy atom. The molecule has 96 valence electrons. The number of carboxylic acids is 1. The predicted octanol–water partition coefficient (Wildman–Crippen LogP) is 2.30. The molecule has 4 nitrogen and oxygen atoms in total. The summed E-state index contributed by atoms with van der Waals surface area (Å²) in [6.45, 7) is 1.22. The number of carbonyl (C=O) groups is 2. The number of alkyl halides is 1. The van der Waals surface area contributed by atoms with Gasteiger partial charge in [0.25, 0.3) is 0 Å². The zero-order chi connectivity index (χ0) is 13.7. The molecule has 0 bridgehead atoms. The smallest absolute Gasteiger partial charge is 0.328 e. The van der Waals surface area contributed by atoms with E-state index < -0.39 is 10.8 Å². The SMILES string of the molecule is CC(=O)C(Br)c1c(C=CC(=O)O)cccc1CO. The molecule has 0 saturated carbocycles. The van der Waals surface area contributed by atoms with Crippen molar-refractivity contribution in [1.29, 1.82) is 0 Å². The average molecular weight is 313 g/mol. The summed E-state index contributed by atoms with van der Waals surface area (Å²) >= 11 is 3.26. The summed E-state index contributed by atoms with van der Waals surface area (Å²) < 4.78 is 0. The van der Waals surface area contributed by atoms with Gasteiger partial charge in [-0.1, -0.05) is 34.1 Å². The quantitative estimate of drug-likeness (QED) is 0.646. The molecule has 1 unspecified atom stereocenters. The minimum absolute atomic E-state index is 0.110. The van der Waals surface area contributed by atoms with Crippen LogP contribution in [0.2, 0.25) is 0 Å². The monoisotopic (exact) mass is 312 g/mol. The van der Waals surface area contributed by atoms with Gasteiger partial charge in [-0.05, 0) is 29.7 Å². The second kappa shape index (κ2) is 6.47. The van der Waals surface area contributed by atoms with Crippen LogP contribution < -0.4 is 0 Å². The van der Waals surface area contributed by atoms with Crippen molar-refractivity contribution in [2.75, 3.05) is 0 Å². The maximum absolute atomic E-state index is 11.4. The van der Waals surface area contributed by atoms with Gasteiger partial charge in [-0.15, -0.1) is 0 Å². The first kappa shape index (κ1) is 14.6. The number of hydrogen-bond acceptors (Lipinski definition) is 3. The van der Waals surface area contributed by atoms with E-state index in [9.17, 15) is 14.7 Å². The van der Waals surface area contributed by atoms with Crippen molar-refractivity contribution < 1.29 is 19.8 Å². The maximum Gasteiger partial charge on any atom is 0.328 e. The molecule has 0 amide bonds. The summed E-state index contributed by atoms with van der Waals surface area (Å²) in [4.78, 5) is 21.4. The van der Waals surface area contributed by atoms with Crippen molar-refractivity contribution in [1.82, 2.24) is 0 Å². The van der Waals surface area contributed by atoms with Crippen molar-refractivity contribution in [2.45, 2.75) is 18.4 Å². The van der Waals surface area contributed by atoms with Crippen LogP contribution in [0.15, 0.2) is 24.3 Å². The van der Waals surface area contributed by atoms with Gasteiger partial charge in [0.2, 0.25) is 0 Å². The zero-order valence-corrected chi connectivity index (χ0v) is 11.3. The molecule has 0 fully saturated rings. The number of aliphatic carboxylic acids is 1. The van der Waals surface area contributed by atoms with Crippen LogP contribution >= 0.6 is 15.9 Å². The molecule has 0 radical (unpaired) electrons. The molecule has 1 atom stereocenters. The molecule has 0 aliphatic heterocycles. The minimum Gasteiger partial charge on any atom is -0.478 e. The molecule has 0 aromatic heterocycles. The number of ketones is 1. The summed E-state index contributed by atoms with van der Waals surface area (Å²) in [7, 11) is 0. The fraction of sp³-hybridized carbons (Fsp3) is 0.231. The number of aliphatic hydroxyl groups is 1. The largest absolute Gasteiger partial charge is 0.478 e. The second-order valence-electron chi connectivity index (χ2n) is 3.72. The van der Waals surface area contributed by atoms with Gasteiger partial charge in [-0.2, -0.15) is 0 Å². The van der Waals surface area contributed by atoms with E-state index in [1.807, 2.05) is 0 Å². The van der Waals surface area contributed by atoms with E-state index in [2.05, 4.69) is 15.9 Å². The molecule has 0 saturated heterocycles. The van der Waals surface area contributed by atoms with Crippen molar-refractivity contribution in [3.63, 3.8) is 0 Å². The Morgan fingerprint density at radius 3 is 2.61 bits per heavy atom. The van der Waals surface area contributed by atoms with Gasteiger partial charge in [0.15, 0.2) is 0 Å². The minimum atomic E-state index is -1.07. The van der Waals surface area contributed by atoms with Gasteiger partial charge in [0.1, 0.15) is 5.78 Å². The van der Waals surface area contributed by atoms with Gasteiger partial charge < -0.3 is 10.2 Å². The van der Waals surface area contributed by atoms with E-state index in [0.717, 1.165) is 6.08 Å². The summed E-state index contributed by atoms with van der Waals surface area (Å²) in [5.74, 6) is -1.18. The van der Waals surface area contributed by atoms with Crippen LogP contribution in [0.5, 0.6) is 0 Å². The van der Waals surface area contributed by atoms with Crippen LogP contribution in [0, 0.1) is 0 Å². The summed E-state index contributed by atoms with van der Waals surface area (Å²) in [6.07, 6.45) is 2.41. The van der Waals surface area contributed by atoms with Crippen LogP contribution in [-0.4, -0.2) is 22.0 Å². The van der Waals surface area contributed by atoms with E-state index in [-0.39, 0.29) is 12.4 Å². The molecule has 0 aliphatic rings. The lowest BCUT2D eigenvalue weighted by molar-refractivity contribution is -0.131. The lowest BCUT2D eigenvalue weighted by Gasteiger charge is -2.14. The van der Waals surface area contributed by atoms with Gasteiger partial charge in [0, 0.05) is 6.08 Å². The molecular formula is C13H13BrO4. The first-order valence-electron chi connectivity index (χ1n) is 5.25. The van der Waals surface area contributed by atoms with Gasteiger partial charge >= 0.3 is 5.97 Å². The van der Waals surface area contributed by atoms with Crippen molar-refractivity contribution in [2.24, 2.45) is 0 Å². The molecule has 2 N–H and O–H groups in total. The number of carbonyl (C=O) groups excluding carboxylic acids is 1. The first-order valence-corrected chi connectivity index (χ1v) is 6.17. The molecule has 0 heterocycles. The highest BCUT2D eigenvalue weighted by atomic mass is 79.9. The number of hydrogen-bond donors (Lipinski definition) is 2. The number of rotatable bonds is 5. The fourth-order valence-corrected chi connectivity index (χ4v) is 2.15. The normalized spacial score (nSPS) is 12.6. The Labute approximate surface area is 113 Å². The van der Waals surface area contributed by atoms with Crippen molar-refractivity contribution in [3.05, 3.63) is 41.0 Å². The third-order valence-corrected chi connectivity index (χ3v) is 3.52. The van der Waals surface area contributed by atoms with Crippen LogP contribution in [0.4, 0.5) is 0 Å². The van der Waals surface area contributed by atoms with Crippen LogP contribution in [-0.2, 0) is 16.2 Å². The van der Waals surface area contributed by atoms with Gasteiger partial charge in [0.05, 0.1) is 11.4 Å². The lowest BCUT2D eigenvalue weighted by atomic mass is 9.96. The topological polar surface area (TPSA) is 74.6 Å². The molecule has 1 aromatic rings. The third-order valence-electron chi connectivity index (χ3n) is 2.42. The standard InChI is InChI=1S/C13H13BrO4/c1-8(16)13(14)12-9(5-6-11(17)18)3-2-4-10(12)7-15/h2-6,13,15H,7H2,1H3,(H,17,18). The molecule has 0 aliphatic carbocycles. The van der Waals surface area contributed by atoms with E-state index in [0.29, 0.717) is 16.7 Å². The zero-order valence-electron chi connectivity index (χ0n) is 9.76. The average Bonchev–Trinajstić information content (AvgIpc) is 2.34. The van der Waals surface area contributed by atoms with E-state index >= 15 is 0 Å². The summed E-state index contributed by atoms with van der Waals surface area (Å²) in [5, 5.41) is 17.9. The highest BCUT2D eigenvalue weighted by Crippen LogP contribution is 2.31. The third kappa shape index (κ3) is 3.51. The van der Waals surface area contributed by atoms with Crippen LogP contribution in [0.1, 0.15) is 28.4 Å². The predicted molar refractivity (Wildman–Crippen MR) is 71.4 cm³/mol. The molecule has 18 heavy (non-hydrogen) atoms. The highest BCUT2D eigenvalue weighted by Gasteiger charge is 2.19. The highest BCUT2D eigenvalue weighted by molar-refractivity contribution is 9.09. The van der Waals surface area contributed by atoms with E-state index in [1.54, 1.807) is 18.2 Å². The first-order chi connectivity index (χ1) is 8.47. The van der Waals surface area contributed by atoms with Crippen molar-refractivity contribution >= 4 is 33.8 Å². The Bertz CT molecular complexity index is 494. The summed E-state index contributed by atoms with van der Waals surface area (Å²) in [5.41, 5.74) is 1.80. The second-order valence-corrected chi connectivity index (χ2v) is 4.64. The Balaban J connectivity index is 3.33. The Morgan fingerprint density at radius 1 is 1.44 bits per heavy atom. The van der Waals surface area contributed by atoms with E-state index in [4.69, 9.17) is 5.11 Å². The number of Topliss-reactive ketones (excluding diaryl/α,β-unsaturated/α-hetero) is 1. The molecule has 0 spiro atoms. The molecule has 1 rings (SSSR count). The lowest BCUT2D eigenvalue weighted by Crippen LogP contribution is -2.07. The van der Waals surface area contributed by atoms with Gasteiger partial charge in [-0.3, -0.25) is 4.79 Å². The number of carboxylic acid groups (broad SMARTS) is 1. The number of aliphatic hydroxyl groups excluding tert-OH is 1. The number of halogens is 1. The van der Waals surface area contributed by atoms with Crippen molar-refractivity contribution in [3.8, 4) is 0 Å². The number of benzene rings is 1. The molecule has 1 aromatic carbocycles. The summed E-state index contributed by atoms with van der Waals surface area (Å²) in [6, 6.07) is 5.10. The Hall–Kier alpha value is -1.46. The van der Waals surface area contributed by atoms with Crippen LogP contribution in [0.3, 0.4) is 0 Å². The molecule has 5 heteroatoms. The van der Waals surface area contributed by atoms with E-state index in [1.165, 1.54) is 13.0 Å². The van der Waals surface area contributed by atoms with Gasteiger partial charge in [-0.25, -0.2) is 4.79 Å². The molecular weight excluding hydrogens is 300 g/mol. The Kier molecular flexibility index (Phi) is 5.25.